The fourth-order valence-corrected chi connectivity index (χ4v) is 4.00. The fraction of sp³-hybridized carbons (Fsp3) is 0.318. The molecule has 0 radical (unpaired) electrons. The Morgan fingerprint density at radius 1 is 1.31 bits per heavy atom. The molecule has 0 fully saturated rings. The Bertz CT molecular complexity index is 1000. The van der Waals surface area contributed by atoms with Crippen LogP contribution in [0.2, 0.25) is 0 Å². The molecule has 1 aromatic rings. The topological polar surface area (TPSA) is 79.6 Å². The van der Waals surface area contributed by atoms with Crippen molar-refractivity contribution >= 4 is 27.2 Å². The first-order valence-electron chi connectivity index (χ1n) is 9.20. The molecule has 0 saturated heterocycles. The van der Waals surface area contributed by atoms with Crippen molar-refractivity contribution in [2.75, 3.05) is 27.3 Å². The summed E-state index contributed by atoms with van der Waals surface area (Å²) in [6, 6.07) is 8.15. The molecule has 0 aliphatic heterocycles. The van der Waals surface area contributed by atoms with Crippen molar-refractivity contribution in [3.05, 3.63) is 86.3 Å². The second kappa shape index (κ2) is 8.93. The SMILES string of the molecule is C=C1/C(=C2/C=C(Br)C=C/C2=N/C)c2ccccc2C1(C)OC[C@@H](CN=[N+]=[N-])OC. The second-order valence-corrected chi connectivity index (χ2v) is 7.82. The van der Waals surface area contributed by atoms with Gasteiger partial charge in [-0.2, -0.15) is 0 Å². The van der Waals surface area contributed by atoms with Crippen molar-refractivity contribution in [2.45, 2.75) is 18.6 Å². The number of nitrogens with zero attached hydrogens (tertiary/aromatic N) is 4. The third-order valence-corrected chi connectivity index (χ3v) is 5.79. The molecule has 0 amide bonds. The van der Waals surface area contributed by atoms with Crippen LogP contribution in [0.15, 0.2) is 74.8 Å². The van der Waals surface area contributed by atoms with E-state index in [1.54, 1.807) is 14.2 Å². The van der Waals surface area contributed by atoms with Crippen LogP contribution in [-0.4, -0.2) is 39.1 Å². The summed E-state index contributed by atoms with van der Waals surface area (Å²) in [5.41, 5.74) is 13.7. The second-order valence-electron chi connectivity index (χ2n) is 6.90. The predicted molar refractivity (Wildman–Crippen MR) is 120 cm³/mol. The van der Waals surface area contributed by atoms with Gasteiger partial charge in [0.05, 0.1) is 25.0 Å². The minimum absolute atomic E-state index is 0.207. The van der Waals surface area contributed by atoms with Crippen LogP contribution in [0.3, 0.4) is 0 Å². The quantitative estimate of drug-likeness (QED) is 0.323. The van der Waals surface area contributed by atoms with Crippen molar-refractivity contribution in [1.82, 2.24) is 0 Å². The van der Waals surface area contributed by atoms with Crippen LogP contribution in [0.25, 0.3) is 16.0 Å². The highest BCUT2D eigenvalue weighted by molar-refractivity contribution is 9.11. The van der Waals surface area contributed by atoms with Gasteiger partial charge < -0.3 is 9.47 Å². The van der Waals surface area contributed by atoms with Crippen LogP contribution in [0.4, 0.5) is 0 Å². The van der Waals surface area contributed by atoms with Crippen LogP contribution in [0.5, 0.6) is 0 Å². The van der Waals surface area contributed by atoms with E-state index >= 15 is 0 Å². The molecule has 1 aromatic carbocycles. The van der Waals surface area contributed by atoms with Gasteiger partial charge in [0.1, 0.15) is 5.60 Å². The van der Waals surface area contributed by atoms with Gasteiger partial charge in [-0.05, 0) is 53.0 Å². The number of hydrogen-bond acceptors (Lipinski definition) is 4. The molecule has 0 bridgehead atoms. The molecule has 0 N–H and O–H groups in total. The van der Waals surface area contributed by atoms with Gasteiger partial charge in [-0.3, -0.25) is 4.99 Å². The molecule has 7 heteroatoms. The van der Waals surface area contributed by atoms with Gasteiger partial charge in [-0.25, -0.2) is 0 Å². The minimum atomic E-state index is -0.730. The lowest BCUT2D eigenvalue weighted by atomic mass is 9.90. The largest absolute Gasteiger partial charge is 0.379 e. The summed E-state index contributed by atoms with van der Waals surface area (Å²) >= 11 is 3.57. The standard InChI is InChI=1S/C22H23BrN4O2/c1-14-21(18-11-15(23)9-10-20(18)25-3)17-7-5-6-8-19(17)22(14,2)29-13-16(28-4)12-26-27-24/h5-11,16H,1,12-13H2,2-4H3/b21-18+,25-20-/t16-,22?/m1/s1. The number of aliphatic imine (C=N–C) groups is 1. The highest BCUT2D eigenvalue weighted by Crippen LogP contribution is 2.51. The molecule has 1 unspecified atom stereocenters. The summed E-state index contributed by atoms with van der Waals surface area (Å²) in [6.07, 6.45) is 5.69. The number of benzene rings is 1. The first-order chi connectivity index (χ1) is 14.0. The Hall–Kier alpha value is -2.44. The van der Waals surface area contributed by atoms with Gasteiger partial charge in [0, 0.05) is 29.1 Å². The van der Waals surface area contributed by atoms with Crippen LogP contribution < -0.4 is 0 Å². The van der Waals surface area contributed by atoms with Crippen molar-refractivity contribution < 1.29 is 9.47 Å². The summed E-state index contributed by atoms with van der Waals surface area (Å²) in [5.74, 6) is 0. The third-order valence-electron chi connectivity index (χ3n) is 5.30. The first-order valence-corrected chi connectivity index (χ1v) is 9.99. The average Bonchev–Trinajstić information content (AvgIpc) is 2.95. The Morgan fingerprint density at radius 2 is 2.07 bits per heavy atom. The Kier molecular flexibility index (Phi) is 6.55. The summed E-state index contributed by atoms with van der Waals surface area (Å²) in [5, 5.41) is 3.60. The number of azide groups is 1. The first kappa shape index (κ1) is 21.3. The van der Waals surface area contributed by atoms with E-state index in [1.165, 1.54) is 0 Å². The molecule has 0 spiro atoms. The van der Waals surface area contributed by atoms with Gasteiger partial charge >= 0.3 is 0 Å². The van der Waals surface area contributed by atoms with Crippen LogP contribution >= 0.6 is 15.9 Å². The molecule has 2 atom stereocenters. The highest BCUT2D eigenvalue weighted by Gasteiger charge is 2.43. The molecular weight excluding hydrogens is 432 g/mol. The van der Waals surface area contributed by atoms with Gasteiger partial charge in [0.25, 0.3) is 0 Å². The van der Waals surface area contributed by atoms with E-state index < -0.39 is 5.60 Å². The third kappa shape index (κ3) is 4.00. The zero-order valence-electron chi connectivity index (χ0n) is 16.7. The number of allylic oxidation sites excluding steroid dienone is 5. The monoisotopic (exact) mass is 454 g/mol. The number of rotatable bonds is 6. The number of methoxy groups -OCH3 is 1. The van der Waals surface area contributed by atoms with Crippen LogP contribution in [0.1, 0.15) is 18.1 Å². The van der Waals surface area contributed by atoms with Crippen molar-refractivity contribution in [2.24, 2.45) is 10.1 Å². The summed E-state index contributed by atoms with van der Waals surface area (Å²) < 4.78 is 12.7. The molecule has 3 rings (SSSR count). The lowest BCUT2D eigenvalue weighted by molar-refractivity contribution is -0.0568. The van der Waals surface area contributed by atoms with Gasteiger partial charge in [-0.1, -0.05) is 51.9 Å². The zero-order valence-corrected chi connectivity index (χ0v) is 18.3. The Balaban J connectivity index is 2.06. The van der Waals surface area contributed by atoms with Crippen molar-refractivity contribution in [1.29, 1.82) is 0 Å². The molecule has 0 heterocycles. The van der Waals surface area contributed by atoms with E-state index in [4.69, 9.17) is 15.0 Å². The lowest BCUT2D eigenvalue weighted by Crippen LogP contribution is -2.31. The molecule has 2 aliphatic rings. The maximum Gasteiger partial charge on any atom is 0.116 e. The van der Waals surface area contributed by atoms with Crippen molar-refractivity contribution in [3.8, 4) is 0 Å². The number of halogens is 1. The van der Waals surface area contributed by atoms with E-state index in [0.717, 1.165) is 38.0 Å². The van der Waals surface area contributed by atoms with Gasteiger partial charge in [-0.15, -0.1) is 0 Å². The molecule has 0 saturated carbocycles. The summed E-state index contributed by atoms with van der Waals surface area (Å²) in [4.78, 5) is 7.25. The molecular formula is C22H23BrN4O2. The lowest BCUT2D eigenvalue weighted by Gasteiger charge is -2.29. The van der Waals surface area contributed by atoms with E-state index in [1.807, 2.05) is 31.2 Å². The average molecular weight is 455 g/mol. The predicted octanol–water partition coefficient (Wildman–Crippen LogP) is 5.49. The molecule has 150 valence electrons. The van der Waals surface area contributed by atoms with Crippen molar-refractivity contribution in [3.63, 3.8) is 0 Å². The maximum atomic E-state index is 8.58. The van der Waals surface area contributed by atoms with Gasteiger partial charge in [0.15, 0.2) is 0 Å². The highest BCUT2D eigenvalue weighted by atomic mass is 79.9. The number of hydrogen-bond donors (Lipinski definition) is 0. The molecule has 29 heavy (non-hydrogen) atoms. The molecule has 0 aromatic heterocycles. The van der Waals surface area contributed by atoms with Crippen LogP contribution in [-0.2, 0) is 15.1 Å². The Morgan fingerprint density at radius 3 is 2.76 bits per heavy atom. The maximum absolute atomic E-state index is 8.58. The minimum Gasteiger partial charge on any atom is -0.379 e. The summed E-state index contributed by atoms with van der Waals surface area (Å²) in [7, 11) is 3.36. The van der Waals surface area contributed by atoms with E-state index in [-0.39, 0.29) is 19.3 Å². The number of ether oxygens (including phenoxy) is 2. The summed E-state index contributed by atoms with van der Waals surface area (Å²) in [6.45, 7) is 6.91. The van der Waals surface area contributed by atoms with Crippen LogP contribution in [0, 0.1) is 0 Å². The van der Waals surface area contributed by atoms with E-state index in [2.05, 4.69) is 55.7 Å². The zero-order chi connectivity index (χ0) is 21.0. The fourth-order valence-electron chi connectivity index (χ4n) is 3.64. The van der Waals surface area contributed by atoms with Gasteiger partial charge in [0.2, 0.25) is 0 Å². The molecule has 2 aliphatic carbocycles. The smallest absolute Gasteiger partial charge is 0.116 e. The Labute approximate surface area is 179 Å². The molecule has 6 nitrogen and oxygen atoms in total. The van der Waals surface area contributed by atoms with E-state index in [9.17, 15) is 0 Å². The van der Waals surface area contributed by atoms with E-state index in [0.29, 0.717) is 0 Å². The number of fused-ring (bicyclic) bond motifs is 1. The normalized spacial score (nSPS) is 25.6.